The van der Waals surface area contributed by atoms with E-state index < -0.39 is 0 Å². The molecule has 0 amide bonds. The molecule has 0 saturated heterocycles. The third-order valence-electron chi connectivity index (χ3n) is 4.43. The number of rotatable bonds is 4. The highest BCUT2D eigenvalue weighted by Crippen LogP contribution is 2.24. The van der Waals surface area contributed by atoms with E-state index in [9.17, 15) is 4.79 Å². The van der Waals surface area contributed by atoms with Crippen LogP contribution >= 0.6 is 11.8 Å². The molecule has 4 rings (SSSR count). The fourth-order valence-corrected chi connectivity index (χ4v) is 4.02. The molecule has 0 atom stereocenters. The monoisotopic (exact) mass is 375 g/mol. The van der Waals surface area contributed by atoms with Gasteiger partial charge in [0.2, 0.25) is 5.78 Å². The van der Waals surface area contributed by atoms with Crippen LogP contribution in [0.2, 0.25) is 0 Å². The van der Waals surface area contributed by atoms with Crippen LogP contribution in [0.15, 0.2) is 52.4 Å². The van der Waals surface area contributed by atoms with Gasteiger partial charge in [0.15, 0.2) is 5.16 Å². The first-order valence-corrected chi connectivity index (χ1v) is 9.56. The lowest BCUT2D eigenvalue weighted by Gasteiger charge is -2.13. The minimum absolute atomic E-state index is 0.119. The fourth-order valence-electron chi connectivity index (χ4n) is 3.23. The molecule has 0 aliphatic carbocycles. The van der Waals surface area contributed by atoms with Crippen molar-refractivity contribution in [1.82, 2.24) is 19.2 Å². The molecule has 0 saturated carbocycles. The molecule has 0 unspecified atom stereocenters. The second-order valence-electron chi connectivity index (χ2n) is 6.32. The van der Waals surface area contributed by atoms with Gasteiger partial charge in [0.25, 0.3) is 5.56 Å². The van der Waals surface area contributed by atoms with E-state index in [4.69, 9.17) is 5.26 Å². The van der Waals surface area contributed by atoms with Crippen LogP contribution in [0.3, 0.4) is 0 Å². The predicted molar refractivity (Wildman–Crippen MR) is 107 cm³/mol. The van der Waals surface area contributed by atoms with Crippen molar-refractivity contribution in [3.05, 3.63) is 63.9 Å². The van der Waals surface area contributed by atoms with Crippen molar-refractivity contribution in [2.24, 2.45) is 0 Å². The van der Waals surface area contributed by atoms with Gasteiger partial charge in [-0.05, 0) is 37.6 Å². The Hall–Kier alpha value is -3.11. The van der Waals surface area contributed by atoms with Crippen LogP contribution in [0, 0.1) is 25.2 Å². The van der Waals surface area contributed by atoms with Crippen LogP contribution in [0.25, 0.3) is 22.4 Å². The van der Waals surface area contributed by atoms with E-state index in [2.05, 4.69) is 16.3 Å². The van der Waals surface area contributed by atoms with Crippen molar-refractivity contribution in [3.8, 4) is 11.8 Å². The van der Waals surface area contributed by atoms with E-state index in [0.29, 0.717) is 28.5 Å². The van der Waals surface area contributed by atoms with Crippen LogP contribution in [0.1, 0.15) is 17.5 Å². The number of nitriles is 1. The molecule has 0 bridgehead atoms. The molecule has 6 nitrogen and oxygen atoms in total. The van der Waals surface area contributed by atoms with Crippen LogP contribution < -0.4 is 5.56 Å². The fraction of sp³-hybridized carbons (Fsp3) is 0.200. The Labute approximate surface area is 160 Å². The first kappa shape index (κ1) is 17.3. The molecule has 0 spiro atoms. The van der Waals surface area contributed by atoms with Gasteiger partial charge in [0.1, 0.15) is 0 Å². The average molecular weight is 375 g/mol. The number of aromatic nitrogens is 4. The molecule has 27 heavy (non-hydrogen) atoms. The highest BCUT2D eigenvalue weighted by molar-refractivity contribution is 7.99. The van der Waals surface area contributed by atoms with Gasteiger partial charge >= 0.3 is 0 Å². The molecule has 2 aromatic carbocycles. The second kappa shape index (κ2) is 6.89. The lowest BCUT2D eigenvalue weighted by molar-refractivity contribution is 0.927. The van der Waals surface area contributed by atoms with Gasteiger partial charge in [-0.1, -0.05) is 41.6 Å². The second-order valence-corrected chi connectivity index (χ2v) is 7.38. The van der Waals surface area contributed by atoms with Crippen molar-refractivity contribution < 1.29 is 0 Å². The Morgan fingerprint density at radius 2 is 1.96 bits per heavy atom. The summed E-state index contributed by atoms with van der Waals surface area (Å²) in [6.45, 7) is 4.01. The van der Waals surface area contributed by atoms with Crippen LogP contribution in [-0.4, -0.2) is 24.9 Å². The molecule has 134 valence electrons. The number of hydrogen-bond acceptors (Lipinski definition) is 5. The van der Waals surface area contributed by atoms with Gasteiger partial charge in [-0.25, -0.2) is 4.57 Å². The number of hydrogen-bond donors (Lipinski definition) is 0. The zero-order chi connectivity index (χ0) is 19.0. The first-order chi connectivity index (χ1) is 13.1. The molecular weight excluding hydrogens is 358 g/mol. The van der Waals surface area contributed by atoms with Gasteiger partial charge in [-0.3, -0.25) is 9.20 Å². The van der Waals surface area contributed by atoms with Gasteiger partial charge in [0.05, 0.1) is 22.7 Å². The van der Waals surface area contributed by atoms with E-state index in [1.165, 1.54) is 11.8 Å². The Balaban J connectivity index is 2.08. The third kappa shape index (κ3) is 2.88. The standard InChI is InChI=1S/C20H17N5OS/c1-13-8-9-16(14(2)12-13)24-18(26)15-6-3-4-7-17(15)25-19(24)22-23-20(25)27-11-5-10-21/h3-4,6-9,12H,5,11H2,1-2H3. The topological polar surface area (TPSA) is 76.0 Å². The summed E-state index contributed by atoms with van der Waals surface area (Å²) in [5.74, 6) is 1.10. The molecule has 0 N–H and O–H groups in total. The number of nitrogens with zero attached hydrogens (tertiary/aromatic N) is 5. The Kier molecular flexibility index (Phi) is 4.42. The molecular formula is C20H17N5OS. The third-order valence-corrected chi connectivity index (χ3v) is 5.36. The summed E-state index contributed by atoms with van der Waals surface area (Å²) < 4.78 is 3.52. The highest BCUT2D eigenvalue weighted by atomic mass is 32.2. The summed E-state index contributed by atoms with van der Waals surface area (Å²) in [5, 5.41) is 18.7. The molecule has 4 aromatic rings. The molecule has 2 heterocycles. The number of thioether (sulfide) groups is 1. The number of aryl methyl sites for hydroxylation is 2. The normalized spacial score (nSPS) is 11.1. The van der Waals surface area contributed by atoms with E-state index in [1.807, 2.05) is 60.7 Å². The lowest BCUT2D eigenvalue weighted by atomic mass is 10.1. The predicted octanol–water partition coefficient (Wildman–Crippen LogP) is 3.66. The lowest BCUT2D eigenvalue weighted by Crippen LogP contribution is -2.22. The maximum Gasteiger partial charge on any atom is 0.267 e. The minimum atomic E-state index is -0.119. The number of benzene rings is 2. The SMILES string of the molecule is Cc1ccc(-n2c(=O)c3ccccc3n3c(SCCC#N)nnc23)c(C)c1. The van der Waals surface area contributed by atoms with Crippen molar-refractivity contribution in [3.63, 3.8) is 0 Å². The molecule has 0 radical (unpaired) electrons. The maximum atomic E-state index is 13.3. The average Bonchev–Trinajstić information content (AvgIpc) is 3.07. The van der Waals surface area contributed by atoms with E-state index in [-0.39, 0.29) is 5.56 Å². The summed E-state index contributed by atoms with van der Waals surface area (Å²) in [7, 11) is 0. The summed E-state index contributed by atoms with van der Waals surface area (Å²) in [5.41, 5.74) is 3.57. The summed E-state index contributed by atoms with van der Waals surface area (Å²) in [6, 6.07) is 15.6. The van der Waals surface area contributed by atoms with Crippen molar-refractivity contribution in [2.75, 3.05) is 5.75 Å². The first-order valence-electron chi connectivity index (χ1n) is 8.58. The summed E-state index contributed by atoms with van der Waals surface area (Å²) in [4.78, 5) is 13.3. The van der Waals surface area contributed by atoms with Crippen molar-refractivity contribution in [2.45, 2.75) is 25.4 Å². The van der Waals surface area contributed by atoms with Crippen molar-refractivity contribution >= 4 is 28.4 Å². The van der Waals surface area contributed by atoms with Gasteiger partial charge in [-0.2, -0.15) is 5.26 Å². The van der Waals surface area contributed by atoms with Crippen LogP contribution in [0.4, 0.5) is 0 Å². The summed E-state index contributed by atoms with van der Waals surface area (Å²) in [6.07, 6.45) is 0.425. The molecule has 2 aromatic heterocycles. The van der Waals surface area contributed by atoms with Gasteiger partial charge in [-0.15, -0.1) is 10.2 Å². The van der Waals surface area contributed by atoms with E-state index >= 15 is 0 Å². The Bertz CT molecular complexity index is 1270. The largest absolute Gasteiger partial charge is 0.268 e. The van der Waals surface area contributed by atoms with E-state index in [0.717, 1.165) is 22.3 Å². The van der Waals surface area contributed by atoms with E-state index in [1.54, 1.807) is 4.57 Å². The number of para-hydroxylation sites is 1. The molecule has 7 heteroatoms. The maximum absolute atomic E-state index is 13.3. The Morgan fingerprint density at radius 3 is 2.74 bits per heavy atom. The zero-order valence-corrected chi connectivity index (χ0v) is 15.8. The molecule has 0 aliphatic rings. The zero-order valence-electron chi connectivity index (χ0n) is 15.0. The van der Waals surface area contributed by atoms with Crippen LogP contribution in [0.5, 0.6) is 0 Å². The van der Waals surface area contributed by atoms with Crippen molar-refractivity contribution in [1.29, 1.82) is 5.26 Å². The smallest absolute Gasteiger partial charge is 0.267 e. The highest BCUT2D eigenvalue weighted by Gasteiger charge is 2.18. The molecule has 0 fully saturated rings. The van der Waals surface area contributed by atoms with Crippen LogP contribution in [-0.2, 0) is 0 Å². The van der Waals surface area contributed by atoms with Gasteiger partial charge in [0, 0.05) is 12.2 Å². The minimum Gasteiger partial charge on any atom is -0.268 e. The Morgan fingerprint density at radius 1 is 1.15 bits per heavy atom. The summed E-state index contributed by atoms with van der Waals surface area (Å²) >= 11 is 1.46. The van der Waals surface area contributed by atoms with Gasteiger partial charge < -0.3 is 0 Å². The molecule has 0 aliphatic heterocycles. The quantitative estimate of drug-likeness (QED) is 0.402. The number of fused-ring (bicyclic) bond motifs is 3.